The van der Waals surface area contributed by atoms with Crippen LogP contribution in [0.15, 0.2) is 4.52 Å². The summed E-state index contributed by atoms with van der Waals surface area (Å²) in [6.07, 6.45) is 2.10. The second kappa shape index (κ2) is 4.88. The predicted octanol–water partition coefficient (Wildman–Crippen LogP) is 1.79. The van der Waals surface area contributed by atoms with Crippen molar-refractivity contribution in [3.05, 3.63) is 11.7 Å². The van der Waals surface area contributed by atoms with E-state index in [2.05, 4.69) is 24.0 Å². The quantitative estimate of drug-likeness (QED) is 0.720. The molecule has 1 aromatic rings. The van der Waals surface area contributed by atoms with Crippen molar-refractivity contribution in [1.29, 1.82) is 0 Å². The van der Waals surface area contributed by atoms with Crippen molar-refractivity contribution in [2.45, 2.75) is 40.0 Å². The van der Waals surface area contributed by atoms with E-state index in [-0.39, 0.29) is 12.2 Å². The molecule has 4 nitrogen and oxygen atoms in total. The molecule has 14 heavy (non-hydrogen) atoms. The second-order valence-electron chi connectivity index (χ2n) is 3.92. The topological polar surface area (TPSA) is 56.0 Å². The lowest BCUT2D eigenvalue weighted by Crippen LogP contribution is -1.97. The summed E-state index contributed by atoms with van der Waals surface area (Å²) >= 11 is 0. The van der Waals surface area contributed by atoms with Gasteiger partial charge in [-0.05, 0) is 19.3 Å². The van der Waals surface area contributed by atoms with E-state index in [9.17, 15) is 4.79 Å². The predicted molar refractivity (Wildman–Crippen MR) is 51.8 cm³/mol. The SMILES string of the molecule is CC(=O)Cc1nc(CCC(C)C)no1. The van der Waals surface area contributed by atoms with Crippen LogP contribution >= 0.6 is 0 Å². The van der Waals surface area contributed by atoms with Gasteiger partial charge in [0, 0.05) is 6.42 Å². The highest BCUT2D eigenvalue weighted by molar-refractivity contribution is 5.77. The molecular weight excluding hydrogens is 180 g/mol. The standard InChI is InChI=1S/C10H16N2O2/c1-7(2)4-5-9-11-10(14-12-9)6-8(3)13/h7H,4-6H2,1-3H3. The average molecular weight is 196 g/mol. The Morgan fingerprint density at radius 1 is 1.50 bits per heavy atom. The number of ketones is 1. The fourth-order valence-corrected chi connectivity index (χ4v) is 1.09. The molecular formula is C10H16N2O2. The molecule has 0 radical (unpaired) electrons. The molecule has 1 aromatic heterocycles. The van der Waals surface area contributed by atoms with Crippen LogP contribution in [0.3, 0.4) is 0 Å². The Bertz CT molecular complexity index is 305. The Kier molecular flexibility index (Phi) is 3.80. The van der Waals surface area contributed by atoms with Gasteiger partial charge < -0.3 is 4.52 Å². The lowest BCUT2D eigenvalue weighted by atomic mass is 10.1. The van der Waals surface area contributed by atoms with Crippen LogP contribution in [0.4, 0.5) is 0 Å². The van der Waals surface area contributed by atoms with Crippen LogP contribution < -0.4 is 0 Å². The van der Waals surface area contributed by atoms with Gasteiger partial charge in [0.2, 0.25) is 5.89 Å². The number of carbonyl (C=O) groups is 1. The summed E-state index contributed by atoms with van der Waals surface area (Å²) in [4.78, 5) is 14.9. The number of rotatable bonds is 5. The zero-order valence-corrected chi connectivity index (χ0v) is 8.91. The van der Waals surface area contributed by atoms with E-state index >= 15 is 0 Å². The van der Waals surface area contributed by atoms with E-state index in [1.807, 2.05) is 0 Å². The molecule has 1 heterocycles. The fourth-order valence-electron chi connectivity index (χ4n) is 1.09. The first-order valence-corrected chi connectivity index (χ1v) is 4.89. The molecule has 0 aromatic carbocycles. The normalized spacial score (nSPS) is 10.9. The van der Waals surface area contributed by atoms with E-state index < -0.39 is 0 Å². The zero-order valence-electron chi connectivity index (χ0n) is 8.91. The summed E-state index contributed by atoms with van der Waals surface area (Å²) in [6.45, 7) is 5.81. The Morgan fingerprint density at radius 2 is 2.21 bits per heavy atom. The third-order valence-electron chi connectivity index (χ3n) is 1.86. The Morgan fingerprint density at radius 3 is 2.79 bits per heavy atom. The smallest absolute Gasteiger partial charge is 0.234 e. The first-order valence-electron chi connectivity index (χ1n) is 4.89. The third-order valence-corrected chi connectivity index (χ3v) is 1.86. The van der Waals surface area contributed by atoms with Crippen molar-refractivity contribution >= 4 is 5.78 Å². The molecule has 1 rings (SSSR count). The molecule has 0 unspecified atom stereocenters. The molecule has 0 saturated heterocycles. The van der Waals surface area contributed by atoms with Crippen LogP contribution in [0.25, 0.3) is 0 Å². The summed E-state index contributed by atoms with van der Waals surface area (Å²) < 4.78 is 4.93. The number of carbonyl (C=O) groups excluding carboxylic acids is 1. The first-order chi connectivity index (χ1) is 6.58. The Balaban J connectivity index is 2.46. The first kappa shape index (κ1) is 10.9. The molecule has 0 bridgehead atoms. The van der Waals surface area contributed by atoms with E-state index in [1.165, 1.54) is 6.92 Å². The monoisotopic (exact) mass is 196 g/mol. The van der Waals surface area contributed by atoms with Crippen molar-refractivity contribution < 1.29 is 9.32 Å². The van der Waals surface area contributed by atoms with Crippen LogP contribution in [0.1, 0.15) is 38.9 Å². The fraction of sp³-hybridized carbons (Fsp3) is 0.700. The van der Waals surface area contributed by atoms with Crippen LogP contribution in [0.2, 0.25) is 0 Å². The van der Waals surface area contributed by atoms with Crippen LogP contribution in [0.5, 0.6) is 0 Å². The minimum absolute atomic E-state index is 0.0454. The van der Waals surface area contributed by atoms with Gasteiger partial charge >= 0.3 is 0 Å². The highest BCUT2D eigenvalue weighted by atomic mass is 16.5. The highest BCUT2D eigenvalue weighted by Gasteiger charge is 2.08. The lowest BCUT2D eigenvalue weighted by Gasteiger charge is -1.98. The summed E-state index contributed by atoms with van der Waals surface area (Å²) in [5, 5.41) is 3.80. The molecule has 4 heteroatoms. The number of aryl methyl sites for hydroxylation is 1. The molecule has 0 spiro atoms. The van der Waals surface area contributed by atoms with Gasteiger partial charge in [0.05, 0.1) is 6.42 Å². The number of nitrogens with zero attached hydrogens (tertiary/aromatic N) is 2. The Hall–Kier alpha value is -1.19. The third kappa shape index (κ3) is 3.68. The molecule has 0 aliphatic rings. The van der Waals surface area contributed by atoms with Gasteiger partial charge in [-0.3, -0.25) is 4.79 Å². The summed E-state index contributed by atoms with van der Waals surface area (Å²) in [5.41, 5.74) is 0. The van der Waals surface area contributed by atoms with Gasteiger partial charge in [-0.1, -0.05) is 19.0 Å². The van der Waals surface area contributed by atoms with E-state index in [0.29, 0.717) is 17.6 Å². The van der Waals surface area contributed by atoms with Crippen LogP contribution in [-0.4, -0.2) is 15.9 Å². The number of aromatic nitrogens is 2. The summed E-state index contributed by atoms with van der Waals surface area (Å²) in [5.74, 6) is 1.81. The molecule has 0 saturated carbocycles. The molecule has 78 valence electrons. The van der Waals surface area contributed by atoms with Crippen LogP contribution in [0, 0.1) is 5.92 Å². The lowest BCUT2D eigenvalue weighted by molar-refractivity contribution is -0.116. The maximum Gasteiger partial charge on any atom is 0.234 e. The van der Waals surface area contributed by atoms with Gasteiger partial charge in [0.15, 0.2) is 5.82 Å². The largest absolute Gasteiger partial charge is 0.339 e. The molecule has 0 N–H and O–H groups in total. The van der Waals surface area contributed by atoms with Crippen molar-refractivity contribution in [3.8, 4) is 0 Å². The maximum atomic E-state index is 10.8. The average Bonchev–Trinajstić information content (AvgIpc) is 2.47. The number of hydrogen-bond donors (Lipinski definition) is 0. The van der Waals surface area contributed by atoms with Crippen molar-refractivity contribution in [2.24, 2.45) is 5.92 Å². The van der Waals surface area contributed by atoms with Crippen molar-refractivity contribution in [3.63, 3.8) is 0 Å². The minimum Gasteiger partial charge on any atom is -0.339 e. The van der Waals surface area contributed by atoms with Gasteiger partial charge in [-0.15, -0.1) is 0 Å². The van der Waals surface area contributed by atoms with Crippen molar-refractivity contribution in [2.75, 3.05) is 0 Å². The van der Waals surface area contributed by atoms with Gasteiger partial charge in [0.25, 0.3) is 0 Å². The van der Waals surface area contributed by atoms with Gasteiger partial charge in [0.1, 0.15) is 5.78 Å². The molecule has 0 atom stereocenters. The second-order valence-corrected chi connectivity index (χ2v) is 3.92. The van der Waals surface area contributed by atoms with Gasteiger partial charge in [-0.2, -0.15) is 4.98 Å². The van der Waals surface area contributed by atoms with Crippen LogP contribution in [-0.2, 0) is 17.6 Å². The number of hydrogen-bond acceptors (Lipinski definition) is 4. The van der Waals surface area contributed by atoms with E-state index in [0.717, 1.165) is 12.8 Å². The van der Waals surface area contributed by atoms with E-state index in [1.54, 1.807) is 0 Å². The molecule has 0 aliphatic heterocycles. The summed E-state index contributed by atoms with van der Waals surface area (Å²) in [6, 6.07) is 0. The summed E-state index contributed by atoms with van der Waals surface area (Å²) in [7, 11) is 0. The molecule has 0 fully saturated rings. The van der Waals surface area contributed by atoms with Gasteiger partial charge in [-0.25, -0.2) is 0 Å². The van der Waals surface area contributed by atoms with Crippen molar-refractivity contribution in [1.82, 2.24) is 10.1 Å². The zero-order chi connectivity index (χ0) is 10.6. The van der Waals surface area contributed by atoms with E-state index in [4.69, 9.17) is 4.52 Å². The minimum atomic E-state index is 0.0454. The number of Topliss-reactive ketones (excluding diaryl/α,β-unsaturated/α-hetero) is 1. The molecule has 0 aliphatic carbocycles. The maximum absolute atomic E-state index is 10.8. The molecule has 0 amide bonds. The Labute approximate surface area is 83.7 Å². The highest BCUT2D eigenvalue weighted by Crippen LogP contribution is 2.06.